The molecular weight excluding hydrogens is 246 g/mol. The molecule has 19 heavy (non-hydrogen) atoms. The van der Waals surface area contributed by atoms with E-state index in [1.807, 2.05) is 20.8 Å². The lowest BCUT2D eigenvalue weighted by molar-refractivity contribution is 0.0109. The summed E-state index contributed by atoms with van der Waals surface area (Å²) >= 11 is 0. The topological polar surface area (TPSA) is 51.3 Å². The molecule has 0 N–H and O–H groups in total. The minimum absolute atomic E-state index is 0.196. The predicted octanol–water partition coefficient (Wildman–Crippen LogP) is 2.05. The highest BCUT2D eigenvalue weighted by Crippen LogP contribution is 2.20. The quantitative estimate of drug-likeness (QED) is 0.734. The predicted molar refractivity (Wildman–Crippen MR) is 71.1 cm³/mol. The van der Waals surface area contributed by atoms with Crippen LogP contribution in [0.4, 0.5) is 4.79 Å². The second kappa shape index (κ2) is 6.09. The maximum absolute atomic E-state index is 11.9. The van der Waals surface area contributed by atoms with Crippen LogP contribution >= 0.6 is 0 Å². The Labute approximate surface area is 115 Å². The van der Waals surface area contributed by atoms with Crippen LogP contribution in [0.5, 0.6) is 0 Å². The Balaban J connectivity index is 1.62. The molecule has 0 aromatic carbocycles. The van der Waals surface area contributed by atoms with Crippen molar-refractivity contribution >= 4 is 6.09 Å². The number of ether oxygens (including phenoxy) is 3. The van der Waals surface area contributed by atoms with Gasteiger partial charge in [-0.1, -0.05) is 0 Å². The van der Waals surface area contributed by atoms with Crippen LogP contribution in [0.2, 0.25) is 0 Å². The third-order valence-corrected chi connectivity index (χ3v) is 3.33. The Hall–Kier alpha value is -0.810. The molecule has 0 aliphatic carbocycles. The highest BCUT2D eigenvalue weighted by atomic mass is 16.6. The highest BCUT2D eigenvalue weighted by Gasteiger charge is 2.28. The molecule has 0 spiro atoms. The van der Waals surface area contributed by atoms with Gasteiger partial charge in [-0.15, -0.1) is 0 Å². The van der Waals surface area contributed by atoms with Crippen molar-refractivity contribution < 1.29 is 19.0 Å². The van der Waals surface area contributed by atoms with Gasteiger partial charge in [-0.05, 0) is 39.5 Å². The molecule has 1 unspecified atom stereocenters. The number of hydrogen-bond donors (Lipinski definition) is 0. The zero-order valence-electron chi connectivity index (χ0n) is 12.2. The third kappa shape index (κ3) is 5.37. The van der Waals surface area contributed by atoms with Crippen LogP contribution in [-0.4, -0.2) is 55.6 Å². The first-order chi connectivity index (χ1) is 8.94. The number of rotatable bonds is 4. The van der Waals surface area contributed by atoms with Gasteiger partial charge in [0.1, 0.15) is 11.7 Å². The van der Waals surface area contributed by atoms with Gasteiger partial charge in [0.2, 0.25) is 0 Å². The lowest BCUT2D eigenvalue weighted by Gasteiger charge is -2.33. The van der Waals surface area contributed by atoms with Gasteiger partial charge >= 0.3 is 6.09 Å². The first kappa shape index (κ1) is 14.6. The Morgan fingerprint density at radius 2 is 1.89 bits per heavy atom. The molecule has 0 aromatic rings. The van der Waals surface area contributed by atoms with Crippen molar-refractivity contribution in [3.63, 3.8) is 0 Å². The lowest BCUT2D eigenvalue weighted by Crippen LogP contribution is -2.42. The van der Waals surface area contributed by atoms with E-state index >= 15 is 0 Å². The maximum atomic E-state index is 11.9. The molecule has 2 heterocycles. The van der Waals surface area contributed by atoms with E-state index in [0.717, 1.165) is 39.1 Å². The van der Waals surface area contributed by atoms with Crippen LogP contribution in [0, 0.1) is 5.92 Å². The molecule has 0 radical (unpaired) electrons. The molecule has 1 atom stereocenters. The van der Waals surface area contributed by atoms with Gasteiger partial charge in [0.25, 0.3) is 0 Å². The summed E-state index contributed by atoms with van der Waals surface area (Å²) in [6.45, 7) is 9.56. The standard InChI is InChI=1S/C14H25NO4/c1-14(2,3)19-13(16)15-6-4-11(5-7-15)8-17-9-12-10-18-12/h11-12H,4-10H2,1-3H3. The van der Waals surface area contributed by atoms with Crippen molar-refractivity contribution in [1.29, 1.82) is 0 Å². The summed E-state index contributed by atoms with van der Waals surface area (Å²) in [6, 6.07) is 0. The van der Waals surface area contributed by atoms with E-state index in [1.54, 1.807) is 4.90 Å². The van der Waals surface area contributed by atoms with Crippen LogP contribution < -0.4 is 0 Å². The van der Waals surface area contributed by atoms with Crippen LogP contribution in [0.3, 0.4) is 0 Å². The van der Waals surface area contributed by atoms with Crippen LogP contribution in [-0.2, 0) is 14.2 Å². The first-order valence-electron chi connectivity index (χ1n) is 7.11. The van der Waals surface area contributed by atoms with E-state index < -0.39 is 5.60 Å². The molecule has 1 amide bonds. The fourth-order valence-corrected chi connectivity index (χ4v) is 2.14. The number of nitrogens with zero attached hydrogens (tertiary/aromatic N) is 1. The summed E-state index contributed by atoms with van der Waals surface area (Å²) < 4.78 is 16.1. The summed E-state index contributed by atoms with van der Waals surface area (Å²) in [7, 11) is 0. The molecular formula is C14H25NO4. The maximum Gasteiger partial charge on any atom is 0.410 e. The van der Waals surface area contributed by atoms with E-state index in [1.165, 1.54) is 0 Å². The Morgan fingerprint density at radius 3 is 2.42 bits per heavy atom. The van der Waals surface area contributed by atoms with Crippen molar-refractivity contribution in [2.75, 3.05) is 32.9 Å². The fourth-order valence-electron chi connectivity index (χ4n) is 2.14. The second-order valence-electron chi connectivity index (χ2n) is 6.40. The Morgan fingerprint density at radius 1 is 1.26 bits per heavy atom. The first-order valence-corrected chi connectivity index (χ1v) is 7.11. The SMILES string of the molecule is CC(C)(C)OC(=O)N1CCC(COCC2CO2)CC1. The molecule has 110 valence electrons. The lowest BCUT2D eigenvalue weighted by atomic mass is 9.98. The normalized spacial score (nSPS) is 24.4. The molecule has 2 fully saturated rings. The van der Waals surface area contributed by atoms with E-state index in [0.29, 0.717) is 18.6 Å². The summed E-state index contributed by atoms with van der Waals surface area (Å²) in [5.74, 6) is 0.553. The van der Waals surface area contributed by atoms with Gasteiger partial charge < -0.3 is 19.1 Å². The number of likely N-dealkylation sites (tertiary alicyclic amines) is 1. The number of amides is 1. The molecule has 2 saturated heterocycles. The van der Waals surface area contributed by atoms with Gasteiger partial charge in [0.05, 0.1) is 13.2 Å². The minimum Gasteiger partial charge on any atom is -0.444 e. The molecule has 5 nitrogen and oxygen atoms in total. The van der Waals surface area contributed by atoms with Gasteiger partial charge in [0.15, 0.2) is 0 Å². The van der Waals surface area contributed by atoms with E-state index in [4.69, 9.17) is 14.2 Å². The third-order valence-electron chi connectivity index (χ3n) is 3.33. The average molecular weight is 271 g/mol. The Bertz CT molecular complexity index is 301. The van der Waals surface area contributed by atoms with E-state index in [2.05, 4.69) is 0 Å². The monoisotopic (exact) mass is 271 g/mol. The van der Waals surface area contributed by atoms with Crippen LogP contribution in [0.25, 0.3) is 0 Å². The minimum atomic E-state index is -0.415. The largest absolute Gasteiger partial charge is 0.444 e. The number of carbonyl (C=O) groups excluding carboxylic acids is 1. The zero-order chi connectivity index (χ0) is 13.9. The van der Waals surface area contributed by atoms with Crippen molar-refractivity contribution in [3.8, 4) is 0 Å². The summed E-state index contributed by atoms with van der Waals surface area (Å²) in [4.78, 5) is 13.7. The van der Waals surface area contributed by atoms with Gasteiger partial charge in [-0.3, -0.25) is 0 Å². The molecule has 2 rings (SSSR count). The molecule has 2 aliphatic heterocycles. The fraction of sp³-hybridized carbons (Fsp3) is 0.929. The van der Waals surface area contributed by atoms with Crippen LogP contribution in [0.15, 0.2) is 0 Å². The van der Waals surface area contributed by atoms with E-state index in [-0.39, 0.29) is 6.09 Å². The molecule has 0 saturated carbocycles. The summed E-state index contributed by atoms with van der Waals surface area (Å²) in [6.07, 6.45) is 2.12. The average Bonchev–Trinajstić information content (AvgIpc) is 3.12. The van der Waals surface area contributed by atoms with Crippen molar-refractivity contribution in [2.45, 2.75) is 45.3 Å². The van der Waals surface area contributed by atoms with Crippen molar-refractivity contribution in [1.82, 2.24) is 4.90 Å². The summed E-state index contributed by atoms with van der Waals surface area (Å²) in [5, 5.41) is 0. The zero-order valence-corrected chi connectivity index (χ0v) is 12.2. The van der Waals surface area contributed by atoms with Crippen molar-refractivity contribution in [2.24, 2.45) is 5.92 Å². The highest BCUT2D eigenvalue weighted by molar-refractivity contribution is 5.68. The molecule has 0 bridgehead atoms. The number of carbonyl (C=O) groups is 1. The Kier molecular flexibility index (Phi) is 4.68. The van der Waals surface area contributed by atoms with Crippen molar-refractivity contribution in [3.05, 3.63) is 0 Å². The second-order valence-corrected chi connectivity index (χ2v) is 6.40. The summed E-state index contributed by atoms with van der Waals surface area (Å²) in [5.41, 5.74) is -0.415. The smallest absolute Gasteiger partial charge is 0.410 e. The molecule has 2 aliphatic rings. The number of epoxide rings is 1. The van der Waals surface area contributed by atoms with Gasteiger partial charge in [-0.25, -0.2) is 4.79 Å². The van der Waals surface area contributed by atoms with E-state index in [9.17, 15) is 4.79 Å². The molecule has 0 aromatic heterocycles. The van der Waals surface area contributed by atoms with Crippen LogP contribution in [0.1, 0.15) is 33.6 Å². The molecule has 5 heteroatoms. The number of piperidine rings is 1. The number of hydrogen-bond acceptors (Lipinski definition) is 4. The van der Waals surface area contributed by atoms with Gasteiger partial charge in [0, 0.05) is 19.7 Å². The van der Waals surface area contributed by atoms with Gasteiger partial charge in [-0.2, -0.15) is 0 Å².